The lowest BCUT2D eigenvalue weighted by atomic mass is 9.47. The number of Topliss-reactive ketones (excluding diaryl/α,β-unsaturated/α-hetero) is 1. The highest BCUT2D eigenvalue weighted by molar-refractivity contribution is 6.01. The topological polar surface area (TPSA) is 74.6 Å². The van der Waals surface area contributed by atoms with E-state index in [-0.39, 0.29) is 41.2 Å². The summed E-state index contributed by atoms with van der Waals surface area (Å²) in [5, 5.41) is 20.8. The number of aliphatic hydroxyl groups is 2. The predicted molar refractivity (Wildman–Crippen MR) is 84.2 cm³/mol. The van der Waals surface area contributed by atoms with Crippen LogP contribution in [0.2, 0.25) is 0 Å². The van der Waals surface area contributed by atoms with E-state index in [4.69, 9.17) is 0 Å². The molecule has 23 heavy (non-hydrogen) atoms. The Labute approximate surface area is 136 Å². The zero-order chi connectivity index (χ0) is 16.6. The summed E-state index contributed by atoms with van der Waals surface area (Å²) < 4.78 is 0. The van der Waals surface area contributed by atoms with E-state index in [2.05, 4.69) is 6.92 Å². The van der Waals surface area contributed by atoms with Crippen molar-refractivity contribution in [2.24, 2.45) is 28.6 Å². The van der Waals surface area contributed by atoms with Gasteiger partial charge in [0.25, 0.3) is 0 Å². The third-order valence-electron chi connectivity index (χ3n) is 7.37. The highest BCUT2D eigenvalue weighted by Crippen LogP contribution is 2.65. The van der Waals surface area contributed by atoms with E-state index < -0.39 is 11.2 Å². The van der Waals surface area contributed by atoms with Crippen LogP contribution in [0.1, 0.15) is 46.0 Å². The van der Waals surface area contributed by atoms with E-state index in [1.165, 1.54) is 0 Å². The minimum absolute atomic E-state index is 0.00891. The summed E-state index contributed by atoms with van der Waals surface area (Å²) in [6, 6.07) is 0. The first kappa shape index (κ1) is 15.3. The van der Waals surface area contributed by atoms with Gasteiger partial charge in [0, 0.05) is 29.6 Å². The van der Waals surface area contributed by atoms with Gasteiger partial charge < -0.3 is 10.2 Å². The van der Waals surface area contributed by atoms with Gasteiger partial charge in [-0.15, -0.1) is 0 Å². The van der Waals surface area contributed by atoms with Gasteiger partial charge in [0.1, 0.15) is 5.78 Å². The summed E-state index contributed by atoms with van der Waals surface area (Å²) in [5.41, 5.74) is -0.0527. The number of rotatable bonds is 0. The second-order valence-electron chi connectivity index (χ2n) is 8.39. The summed E-state index contributed by atoms with van der Waals surface area (Å²) in [5.74, 6) is -1.43. The molecule has 124 valence electrons. The van der Waals surface area contributed by atoms with Crippen molar-refractivity contribution in [3.8, 4) is 0 Å². The lowest BCUT2D eigenvalue weighted by molar-refractivity contribution is -0.242. The van der Waals surface area contributed by atoms with Gasteiger partial charge in [-0.25, -0.2) is 0 Å². The fourth-order valence-electron chi connectivity index (χ4n) is 6.01. The fourth-order valence-corrected chi connectivity index (χ4v) is 6.01. The Hall–Kier alpha value is -1.26. The number of hydrogen-bond donors (Lipinski definition) is 2. The highest BCUT2D eigenvalue weighted by Gasteiger charge is 2.66. The van der Waals surface area contributed by atoms with Gasteiger partial charge in [-0.05, 0) is 43.3 Å². The standard InChI is InChI=1S/C19H24O4/c1-17-7-5-12(20)9-11(17)3-4-13-14-6-8-19(22,23)18(14,2)10-15(21)16(13)17/h5,7,9,13-14,16,22-23H,3-4,6,8,10H2,1-2H3/t13-,14-,16+,17-,18-/m0/s1. The maximum atomic E-state index is 13.0. The van der Waals surface area contributed by atoms with Crippen molar-refractivity contribution in [1.29, 1.82) is 0 Å². The number of hydrogen-bond acceptors (Lipinski definition) is 4. The second kappa shape index (κ2) is 4.42. The van der Waals surface area contributed by atoms with Crippen molar-refractivity contribution >= 4 is 11.6 Å². The molecule has 3 saturated carbocycles. The van der Waals surface area contributed by atoms with Crippen LogP contribution in [0.15, 0.2) is 23.8 Å². The Morgan fingerprint density at radius 3 is 2.65 bits per heavy atom. The Morgan fingerprint density at radius 1 is 1.17 bits per heavy atom. The molecule has 0 aromatic carbocycles. The molecule has 4 nitrogen and oxygen atoms in total. The Bertz CT molecular complexity index is 658. The largest absolute Gasteiger partial charge is 0.365 e. The van der Waals surface area contributed by atoms with Gasteiger partial charge in [-0.3, -0.25) is 9.59 Å². The lowest BCUT2D eigenvalue weighted by Gasteiger charge is -2.56. The number of ketones is 2. The molecule has 0 aromatic rings. The number of fused-ring (bicyclic) bond motifs is 5. The molecule has 4 aliphatic carbocycles. The molecule has 4 aliphatic rings. The third-order valence-corrected chi connectivity index (χ3v) is 7.37. The first-order valence-corrected chi connectivity index (χ1v) is 8.61. The number of allylic oxidation sites excluding steroid dienone is 4. The van der Waals surface area contributed by atoms with Crippen LogP contribution >= 0.6 is 0 Å². The van der Waals surface area contributed by atoms with Crippen LogP contribution in [0.5, 0.6) is 0 Å². The van der Waals surface area contributed by atoms with Crippen molar-refractivity contribution in [3.63, 3.8) is 0 Å². The molecule has 0 aromatic heterocycles. The van der Waals surface area contributed by atoms with Crippen molar-refractivity contribution < 1.29 is 19.8 Å². The molecule has 2 N–H and O–H groups in total. The molecule has 0 bridgehead atoms. The first-order valence-electron chi connectivity index (χ1n) is 8.61. The van der Waals surface area contributed by atoms with Crippen molar-refractivity contribution in [2.75, 3.05) is 0 Å². The summed E-state index contributed by atoms with van der Waals surface area (Å²) in [4.78, 5) is 24.7. The Balaban J connectivity index is 1.78. The lowest BCUT2D eigenvalue weighted by Crippen LogP contribution is -2.58. The molecule has 4 heteroatoms. The normalized spacial score (nSPS) is 47.7. The molecule has 0 heterocycles. The van der Waals surface area contributed by atoms with Crippen LogP contribution in [0.4, 0.5) is 0 Å². The van der Waals surface area contributed by atoms with Gasteiger partial charge >= 0.3 is 0 Å². The van der Waals surface area contributed by atoms with E-state index in [1.807, 2.05) is 13.0 Å². The van der Waals surface area contributed by atoms with Crippen LogP contribution in [-0.4, -0.2) is 27.6 Å². The minimum atomic E-state index is -1.74. The monoisotopic (exact) mass is 316 g/mol. The average Bonchev–Trinajstić information content (AvgIpc) is 2.69. The molecule has 5 atom stereocenters. The van der Waals surface area contributed by atoms with Gasteiger partial charge in [0.15, 0.2) is 11.6 Å². The van der Waals surface area contributed by atoms with Crippen molar-refractivity contribution in [3.05, 3.63) is 23.8 Å². The molecule has 0 saturated heterocycles. The SMILES string of the molecule is C[C@]12C=CC(=O)C=C1CC[C@@H]1[C@@H]2C(=O)C[C@@]2(C)[C@H]1CCC2(O)O. The fraction of sp³-hybridized carbons (Fsp3) is 0.684. The molecule has 0 unspecified atom stereocenters. The molecule has 0 amide bonds. The van der Waals surface area contributed by atoms with E-state index in [0.717, 1.165) is 24.8 Å². The van der Waals surface area contributed by atoms with E-state index in [0.29, 0.717) is 6.42 Å². The molecule has 0 aliphatic heterocycles. The predicted octanol–water partition coefficient (Wildman–Crippen LogP) is 2.15. The minimum Gasteiger partial charge on any atom is -0.365 e. The van der Waals surface area contributed by atoms with E-state index in [9.17, 15) is 19.8 Å². The molecule has 0 radical (unpaired) electrons. The van der Waals surface area contributed by atoms with Crippen LogP contribution in [0.3, 0.4) is 0 Å². The summed E-state index contributed by atoms with van der Waals surface area (Å²) in [6.45, 7) is 3.94. The van der Waals surface area contributed by atoms with Crippen LogP contribution in [-0.2, 0) is 9.59 Å². The Kier molecular flexibility index (Phi) is 2.94. The zero-order valence-corrected chi connectivity index (χ0v) is 13.7. The van der Waals surface area contributed by atoms with Gasteiger partial charge in [-0.2, -0.15) is 0 Å². The van der Waals surface area contributed by atoms with Crippen LogP contribution in [0.25, 0.3) is 0 Å². The maximum Gasteiger partial charge on any atom is 0.178 e. The van der Waals surface area contributed by atoms with E-state index in [1.54, 1.807) is 12.2 Å². The van der Waals surface area contributed by atoms with Gasteiger partial charge in [0.2, 0.25) is 0 Å². The Morgan fingerprint density at radius 2 is 1.91 bits per heavy atom. The smallest absolute Gasteiger partial charge is 0.178 e. The van der Waals surface area contributed by atoms with Gasteiger partial charge in [-0.1, -0.05) is 25.5 Å². The average molecular weight is 316 g/mol. The first-order chi connectivity index (χ1) is 10.7. The second-order valence-corrected chi connectivity index (χ2v) is 8.39. The summed E-state index contributed by atoms with van der Waals surface area (Å²) in [6.07, 6.45) is 8.21. The number of carbonyl (C=O) groups is 2. The number of carbonyl (C=O) groups excluding carboxylic acids is 2. The zero-order valence-electron chi connectivity index (χ0n) is 13.7. The molecular weight excluding hydrogens is 292 g/mol. The van der Waals surface area contributed by atoms with Crippen molar-refractivity contribution in [1.82, 2.24) is 0 Å². The molecular formula is C19H24O4. The quantitative estimate of drug-likeness (QED) is 0.672. The van der Waals surface area contributed by atoms with Crippen LogP contribution < -0.4 is 0 Å². The van der Waals surface area contributed by atoms with Crippen LogP contribution in [0, 0.1) is 28.6 Å². The highest BCUT2D eigenvalue weighted by atomic mass is 16.5. The molecule has 0 spiro atoms. The molecule has 3 fully saturated rings. The summed E-state index contributed by atoms with van der Waals surface area (Å²) in [7, 11) is 0. The molecule has 4 rings (SSSR count). The maximum absolute atomic E-state index is 13.0. The van der Waals surface area contributed by atoms with E-state index >= 15 is 0 Å². The third kappa shape index (κ3) is 1.79. The summed E-state index contributed by atoms with van der Waals surface area (Å²) >= 11 is 0. The van der Waals surface area contributed by atoms with Crippen molar-refractivity contribution in [2.45, 2.75) is 51.7 Å². The van der Waals surface area contributed by atoms with Gasteiger partial charge in [0.05, 0.1) is 0 Å².